The molecule has 0 spiro atoms. The molecule has 2 N–H and O–H groups in total. The SMILES string of the molecule is CCNC(=NCCc1cccc2cccnc12)NCCc1ccccc1OC. The summed E-state index contributed by atoms with van der Waals surface area (Å²) in [6.45, 7) is 4.41. The Hall–Kier alpha value is -3.08. The van der Waals surface area contributed by atoms with Gasteiger partial charge in [-0.3, -0.25) is 9.98 Å². The lowest BCUT2D eigenvalue weighted by Crippen LogP contribution is -2.38. The van der Waals surface area contributed by atoms with Crippen molar-refractivity contribution in [3.8, 4) is 5.75 Å². The minimum atomic E-state index is 0.708. The Kier molecular flexibility index (Phi) is 7.24. The Morgan fingerprint density at radius 1 is 0.964 bits per heavy atom. The van der Waals surface area contributed by atoms with Crippen LogP contribution in [0, 0.1) is 0 Å². The van der Waals surface area contributed by atoms with Crippen LogP contribution >= 0.6 is 0 Å². The second-order valence-corrected chi connectivity index (χ2v) is 6.49. The van der Waals surface area contributed by atoms with Crippen molar-refractivity contribution in [2.24, 2.45) is 4.99 Å². The Morgan fingerprint density at radius 2 is 1.79 bits per heavy atom. The summed E-state index contributed by atoms with van der Waals surface area (Å²) in [5.41, 5.74) is 3.48. The van der Waals surface area contributed by atoms with Crippen LogP contribution in [-0.2, 0) is 12.8 Å². The Labute approximate surface area is 166 Å². The summed E-state index contributed by atoms with van der Waals surface area (Å²) in [5.74, 6) is 1.76. The fourth-order valence-corrected chi connectivity index (χ4v) is 3.22. The first-order valence-corrected chi connectivity index (χ1v) is 9.78. The van der Waals surface area contributed by atoms with E-state index < -0.39 is 0 Å². The minimum absolute atomic E-state index is 0.708. The van der Waals surface area contributed by atoms with Crippen molar-refractivity contribution in [2.45, 2.75) is 19.8 Å². The number of nitrogens with one attached hydrogen (secondary N) is 2. The largest absolute Gasteiger partial charge is 0.496 e. The molecule has 3 aromatic rings. The van der Waals surface area contributed by atoms with E-state index >= 15 is 0 Å². The third-order valence-electron chi connectivity index (χ3n) is 4.59. The molecular weight excluding hydrogens is 348 g/mol. The second kappa shape index (κ2) is 10.3. The average Bonchev–Trinajstić information content (AvgIpc) is 2.74. The maximum atomic E-state index is 5.42. The quantitative estimate of drug-likeness (QED) is 0.466. The number of methoxy groups -OCH3 is 1. The summed E-state index contributed by atoms with van der Waals surface area (Å²) >= 11 is 0. The van der Waals surface area contributed by atoms with E-state index in [1.165, 1.54) is 16.5 Å². The van der Waals surface area contributed by atoms with Gasteiger partial charge >= 0.3 is 0 Å². The van der Waals surface area contributed by atoms with E-state index in [4.69, 9.17) is 9.73 Å². The minimum Gasteiger partial charge on any atom is -0.496 e. The topological polar surface area (TPSA) is 58.5 Å². The molecule has 28 heavy (non-hydrogen) atoms. The van der Waals surface area contributed by atoms with Crippen molar-refractivity contribution in [1.29, 1.82) is 0 Å². The molecule has 0 unspecified atom stereocenters. The van der Waals surface area contributed by atoms with Crippen LogP contribution in [0.3, 0.4) is 0 Å². The van der Waals surface area contributed by atoms with E-state index in [0.717, 1.165) is 43.2 Å². The van der Waals surface area contributed by atoms with Crippen molar-refractivity contribution in [1.82, 2.24) is 15.6 Å². The number of aliphatic imine (C=N–C) groups is 1. The van der Waals surface area contributed by atoms with Gasteiger partial charge in [0.1, 0.15) is 5.75 Å². The highest BCUT2D eigenvalue weighted by Crippen LogP contribution is 2.17. The number of rotatable bonds is 8. The first kappa shape index (κ1) is 19.7. The molecule has 1 aromatic heterocycles. The maximum absolute atomic E-state index is 5.42. The van der Waals surface area contributed by atoms with Gasteiger partial charge in [0, 0.05) is 31.2 Å². The highest BCUT2D eigenvalue weighted by atomic mass is 16.5. The van der Waals surface area contributed by atoms with Crippen molar-refractivity contribution >= 4 is 16.9 Å². The second-order valence-electron chi connectivity index (χ2n) is 6.49. The number of aromatic nitrogens is 1. The number of fused-ring (bicyclic) bond motifs is 1. The number of nitrogens with zero attached hydrogens (tertiary/aromatic N) is 2. The van der Waals surface area contributed by atoms with Gasteiger partial charge in [0.25, 0.3) is 0 Å². The molecule has 146 valence electrons. The lowest BCUT2D eigenvalue weighted by atomic mass is 10.1. The van der Waals surface area contributed by atoms with Crippen LogP contribution in [0.5, 0.6) is 5.75 Å². The van der Waals surface area contributed by atoms with Crippen molar-refractivity contribution in [3.63, 3.8) is 0 Å². The van der Waals surface area contributed by atoms with E-state index in [1.807, 2.05) is 30.5 Å². The van der Waals surface area contributed by atoms with Gasteiger partial charge in [0.2, 0.25) is 0 Å². The fraction of sp³-hybridized carbons (Fsp3) is 0.304. The zero-order chi connectivity index (χ0) is 19.6. The number of ether oxygens (including phenoxy) is 1. The molecule has 0 amide bonds. The van der Waals surface area contributed by atoms with Gasteiger partial charge in [-0.1, -0.05) is 42.5 Å². The van der Waals surface area contributed by atoms with Gasteiger partial charge < -0.3 is 15.4 Å². The summed E-state index contributed by atoms with van der Waals surface area (Å²) in [6, 6.07) is 18.5. The van der Waals surface area contributed by atoms with Crippen molar-refractivity contribution < 1.29 is 4.74 Å². The molecule has 1 heterocycles. The van der Waals surface area contributed by atoms with Gasteiger partial charge in [-0.2, -0.15) is 0 Å². The highest BCUT2D eigenvalue weighted by Gasteiger charge is 2.04. The van der Waals surface area contributed by atoms with Crippen LogP contribution in [0.15, 0.2) is 65.8 Å². The fourth-order valence-electron chi connectivity index (χ4n) is 3.22. The zero-order valence-corrected chi connectivity index (χ0v) is 16.6. The molecule has 2 aromatic carbocycles. The zero-order valence-electron chi connectivity index (χ0n) is 16.6. The molecule has 0 radical (unpaired) electrons. The molecule has 5 nitrogen and oxygen atoms in total. The third kappa shape index (κ3) is 5.22. The van der Waals surface area contributed by atoms with Crippen LogP contribution < -0.4 is 15.4 Å². The molecule has 3 rings (SSSR count). The van der Waals surface area contributed by atoms with Crippen LogP contribution in [0.25, 0.3) is 10.9 Å². The third-order valence-corrected chi connectivity index (χ3v) is 4.59. The molecule has 0 bridgehead atoms. The number of hydrogen-bond donors (Lipinski definition) is 2. The number of hydrogen-bond acceptors (Lipinski definition) is 3. The number of para-hydroxylation sites is 2. The van der Waals surface area contributed by atoms with E-state index in [2.05, 4.69) is 52.9 Å². The molecule has 0 aliphatic rings. The van der Waals surface area contributed by atoms with Crippen LogP contribution in [0.4, 0.5) is 0 Å². The lowest BCUT2D eigenvalue weighted by molar-refractivity contribution is 0.409. The Morgan fingerprint density at radius 3 is 2.64 bits per heavy atom. The van der Waals surface area contributed by atoms with Gasteiger partial charge in [0.05, 0.1) is 12.6 Å². The van der Waals surface area contributed by atoms with E-state index in [9.17, 15) is 0 Å². The molecule has 0 atom stereocenters. The smallest absolute Gasteiger partial charge is 0.191 e. The van der Waals surface area contributed by atoms with Gasteiger partial charge in [-0.15, -0.1) is 0 Å². The van der Waals surface area contributed by atoms with Gasteiger partial charge in [-0.05, 0) is 43.0 Å². The number of guanidine groups is 1. The summed E-state index contributed by atoms with van der Waals surface area (Å²) in [5, 5.41) is 7.90. The van der Waals surface area contributed by atoms with Gasteiger partial charge in [0.15, 0.2) is 5.96 Å². The summed E-state index contributed by atoms with van der Waals surface area (Å²) < 4.78 is 5.42. The van der Waals surface area contributed by atoms with Crippen molar-refractivity contribution in [3.05, 3.63) is 71.9 Å². The van der Waals surface area contributed by atoms with Crippen molar-refractivity contribution in [2.75, 3.05) is 26.7 Å². The molecular formula is C23H28N4O. The summed E-state index contributed by atoms with van der Waals surface area (Å²) in [6.07, 6.45) is 3.58. The molecule has 0 aliphatic heterocycles. The average molecular weight is 377 g/mol. The monoisotopic (exact) mass is 376 g/mol. The maximum Gasteiger partial charge on any atom is 0.191 e. The Bertz CT molecular complexity index is 918. The molecule has 5 heteroatoms. The van der Waals surface area contributed by atoms with Crippen LogP contribution in [-0.4, -0.2) is 37.7 Å². The summed E-state index contributed by atoms with van der Waals surface area (Å²) in [7, 11) is 1.71. The predicted octanol–water partition coefficient (Wildman–Crippen LogP) is 3.58. The highest BCUT2D eigenvalue weighted by molar-refractivity contribution is 5.82. The number of benzene rings is 2. The Balaban J connectivity index is 1.58. The molecule has 0 aliphatic carbocycles. The number of pyridine rings is 1. The molecule has 0 fully saturated rings. The first-order chi connectivity index (χ1) is 13.8. The van der Waals surface area contributed by atoms with E-state index in [1.54, 1.807) is 7.11 Å². The first-order valence-electron chi connectivity index (χ1n) is 9.78. The predicted molar refractivity (Wildman–Crippen MR) is 116 cm³/mol. The van der Waals surface area contributed by atoms with E-state index in [-0.39, 0.29) is 0 Å². The van der Waals surface area contributed by atoms with Crippen LogP contribution in [0.2, 0.25) is 0 Å². The van der Waals surface area contributed by atoms with Gasteiger partial charge in [-0.25, -0.2) is 0 Å². The summed E-state index contributed by atoms with van der Waals surface area (Å²) in [4.78, 5) is 9.25. The standard InChI is InChI=1S/C23H28N4O/c1-3-24-23(26-16-13-18-8-4-5-12-21(18)28-2)27-17-14-20-10-6-9-19-11-7-15-25-22(19)20/h4-12,15H,3,13-14,16-17H2,1-2H3,(H2,24,26,27). The van der Waals surface area contributed by atoms with E-state index in [0.29, 0.717) is 6.54 Å². The lowest BCUT2D eigenvalue weighted by Gasteiger charge is -2.13. The molecule has 0 saturated carbocycles. The van der Waals surface area contributed by atoms with Crippen LogP contribution in [0.1, 0.15) is 18.1 Å². The molecule has 0 saturated heterocycles. The normalized spacial score (nSPS) is 11.4.